The van der Waals surface area contributed by atoms with Crippen LogP contribution >= 0.6 is 0 Å². The number of benzene rings is 1. The Morgan fingerprint density at radius 3 is 1.93 bits per heavy atom. The number of ether oxygens (including phenoxy) is 3. The summed E-state index contributed by atoms with van der Waals surface area (Å²) >= 11 is 0. The number of carboxylic acids is 1. The Morgan fingerprint density at radius 2 is 1.44 bits per heavy atom. The number of hydrogen-bond acceptors (Lipinski definition) is 7. The van der Waals surface area contributed by atoms with Gasteiger partial charge in [0.15, 0.2) is 0 Å². The van der Waals surface area contributed by atoms with Crippen molar-refractivity contribution in [2.45, 2.75) is 12.2 Å². The number of carboxylic acid groups (broad SMARTS) is 1. The molecule has 3 rings (SSSR count). The van der Waals surface area contributed by atoms with E-state index in [2.05, 4.69) is 14.8 Å². The minimum Gasteiger partial charge on any atom is -0.481 e. The van der Waals surface area contributed by atoms with E-state index < -0.39 is 47.9 Å². The Labute approximate surface area is 153 Å². The number of carbonyl (C=O) groups excluding carboxylic acids is 3. The van der Waals surface area contributed by atoms with Gasteiger partial charge in [0.05, 0.1) is 43.5 Å². The minimum absolute atomic E-state index is 0.0366. The summed E-state index contributed by atoms with van der Waals surface area (Å²) in [4.78, 5) is 47.9. The van der Waals surface area contributed by atoms with Gasteiger partial charge < -0.3 is 24.6 Å². The fraction of sp³-hybridized carbons (Fsp3) is 0.333. The van der Waals surface area contributed by atoms with E-state index in [1.54, 1.807) is 12.2 Å². The lowest BCUT2D eigenvalue weighted by molar-refractivity contribution is -0.145. The number of nitrogens with one attached hydrogen (secondary N) is 1. The summed E-state index contributed by atoms with van der Waals surface area (Å²) in [6, 6.07) is 3.93. The standard InChI is InChI=1S/C18H17NO8/c1-25-17(23)8-5-9(18(24)26-2)7-10(6-8)19-15(20)13-11-3-4-12(27-11)14(13)16(21)22/h3-7,11-14H,1-2H3,(H,19,20)(H,21,22)/t11-,12-,13+,14+/m1/s1. The predicted octanol–water partition coefficient (Wildman–Crippen LogP) is 0.852. The Bertz CT molecular complexity index is 812. The molecule has 1 saturated heterocycles. The first kappa shape index (κ1) is 18.6. The second-order valence-corrected chi connectivity index (χ2v) is 6.11. The van der Waals surface area contributed by atoms with Gasteiger partial charge in [-0.3, -0.25) is 9.59 Å². The first-order valence-electron chi connectivity index (χ1n) is 8.05. The van der Waals surface area contributed by atoms with Crippen LogP contribution in [-0.4, -0.2) is 55.3 Å². The van der Waals surface area contributed by atoms with Crippen LogP contribution in [0, 0.1) is 11.8 Å². The van der Waals surface area contributed by atoms with E-state index >= 15 is 0 Å². The van der Waals surface area contributed by atoms with Gasteiger partial charge in [-0.1, -0.05) is 12.2 Å². The molecule has 9 nitrogen and oxygen atoms in total. The van der Waals surface area contributed by atoms with Crippen molar-refractivity contribution in [1.82, 2.24) is 0 Å². The lowest BCUT2D eigenvalue weighted by Gasteiger charge is -2.21. The molecule has 0 saturated carbocycles. The SMILES string of the molecule is COC(=O)c1cc(NC(=O)[C@@H]2[C@@H](C(=O)O)[C@H]3C=C[C@H]2O3)cc(C(=O)OC)c1. The van der Waals surface area contributed by atoms with Crippen LogP contribution in [0.4, 0.5) is 5.69 Å². The van der Waals surface area contributed by atoms with Crippen molar-refractivity contribution in [3.63, 3.8) is 0 Å². The van der Waals surface area contributed by atoms with Crippen molar-refractivity contribution < 1.29 is 38.5 Å². The van der Waals surface area contributed by atoms with E-state index in [0.29, 0.717) is 0 Å². The molecule has 0 radical (unpaired) electrons. The van der Waals surface area contributed by atoms with Crippen LogP contribution in [0.5, 0.6) is 0 Å². The van der Waals surface area contributed by atoms with Gasteiger partial charge in [-0.15, -0.1) is 0 Å². The average molecular weight is 375 g/mol. The number of esters is 2. The molecule has 0 unspecified atom stereocenters. The Morgan fingerprint density at radius 1 is 0.926 bits per heavy atom. The van der Waals surface area contributed by atoms with Crippen LogP contribution in [0.2, 0.25) is 0 Å². The molecule has 27 heavy (non-hydrogen) atoms. The van der Waals surface area contributed by atoms with E-state index in [1.165, 1.54) is 32.4 Å². The number of carbonyl (C=O) groups is 4. The smallest absolute Gasteiger partial charge is 0.337 e. The summed E-state index contributed by atoms with van der Waals surface area (Å²) in [6.07, 6.45) is 1.98. The summed E-state index contributed by atoms with van der Waals surface area (Å²) in [5, 5.41) is 12.0. The highest BCUT2D eigenvalue weighted by molar-refractivity contribution is 6.01. The zero-order chi connectivity index (χ0) is 19.7. The minimum atomic E-state index is -1.13. The van der Waals surface area contributed by atoms with Gasteiger partial charge in [0, 0.05) is 5.69 Å². The van der Waals surface area contributed by atoms with Crippen LogP contribution in [0.3, 0.4) is 0 Å². The molecule has 2 bridgehead atoms. The van der Waals surface area contributed by atoms with E-state index in [0.717, 1.165) is 0 Å². The predicted molar refractivity (Wildman–Crippen MR) is 90.2 cm³/mol. The highest BCUT2D eigenvalue weighted by Gasteiger charge is 2.53. The molecule has 142 valence electrons. The van der Waals surface area contributed by atoms with E-state index in [9.17, 15) is 24.3 Å². The van der Waals surface area contributed by atoms with Gasteiger partial charge in [0.25, 0.3) is 0 Å². The van der Waals surface area contributed by atoms with Crippen molar-refractivity contribution in [2.75, 3.05) is 19.5 Å². The molecule has 0 spiro atoms. The van der Waals surface area contributed by atoms with Crippen molar-refractivity contribution >= 4 is 29.5 Å². The molecule has 1 aromatic rings. The van der Waals surface area contributed by atoms with Crippen LogP contribution in [-0.2, 0) is 23.8 Å². The van der Waals surface area contributed by atoms with Crippen molar-refractivity contribution in [2.24, 2.45) is 11.8 Å². The monoisotopic (exact) mass is 375 g/mol. The molecular weight excluding hydrogens is 358 g/mol. The third kappa shape index (κ3) is 3.41. The van der Waals surface area contributed by atoms with E-state index in [4.69, 9.17) is 4.74 Å². The van der Waals surface area contributed by atoms with Crippen molar-refractivity contribution in [1.29, 1.82) is 0 Å². The molecule has 1 fully saturated rings. The average Bonchev–Trinajstić information content (AvgIpc) is 3.27. The summed E-state index contributed by atoms with van der Waals surface area (Å²) in [6.45, 7) is 0. The molecule has 2 aliphatic rings. The maximum absolute atomic E-state index is 12.7. The topological polar surface area (TPSA) is 128 Å². The number of anilines is 1. The number of hydrogen-bond donors (Lipinski definition) is 2. The Kier molecular flexibility index (Phi) is 4.95. The largest absolute Gasteiger partial charge is 0.481 e. The Balaban J connectivity index is 1.89. The highest BCUT2D eigenvalue weighted by Crippen LogP contribution is 2.40. The van der Waals surface area contributed by atoms with Gasteiger partial charge in [-0.05, 0) is 18.2 Å². The van der Waals surface area contributed by atoms with Crippen LogP contribution < -0.4 is 5.32 Å². The first-order valence-corrected chi connectivity index (χ1v) is 8.05. The molecule has 1 amide bonds. The second kappa shape index (κ2) is 7.20. The van der Waals surface area contributed by atoms with Crippen LogP contribution in [0.25, 0.3) is 0 Å². The van der Waals surface area contributed by atoms with Gasteiger partial charge >= 0.3 is 17.9 Å². The number of aliphatic carboxylic acids is 1. The van der Waals surface area contributed by atoms with Crippen molar-refractivity contribution in [3.8, 4) is 0 Å². The fourth-order valence-corrected chi connectivity index (χ4v) is 3.31. The van der Waals surface area contributed by atoms with Gasteiger partial charge in [0.1, 0.15) is 5.92 Å². The summed E-state index contributed by atoms with van der Waals surface area (Å²) in [5.41, 5.74) is 0.211. The van der Waals surface area contributed by atoms with Gasteiger partial charge in [-0.25, -0.2) is 9.59 Å². The molecular formula is C18H17NO8. The molecule has 2 N–H and O–H groups in total. The maximum atomic E-state index is 12.7. The quantitative estimate of drug-likeness (QED) is 0.573. The molecule has 2 aliphatic heterocycles. The lowest BCUT2D eigenvalue weighted by atomic mass is 9.82. The third-order valence-electron chi connectivity index (χ3n) is 4.53. The van der Waals surface area contributed by atoms with E-state index in [-0.39, 0.29) is 16.8 Å². The lowest BCUT2D eigenvalue weighted by Crippen LogP contribution is -2.39. The molecule has 4 atom stereocenters. The van der Waals surface area contributed by atoms with Crippen molar-refractivity contribution in [3.05, 3.63) is 41.5 Å². The highest BCUT2D eigenvalue weighted by atomic mass is 16.5. The maximum Gasteiger partial charge on any atom is 0.337 e. The summed E-state index contributed by atoms with van der Waals surface area (Å²) < 4.78 is 14.8. The third-order valence-corrected chi connectivity index (χ3v) is 4.53. The van der Waals surface area contributed by atoms with Crippen LogP contribution in [0.1, 0.15) is 20.7 Å². The zero-order valence-electron chi connectivity index (χ0n) is 14.5. The molecule has 2 heterocycles. The normalized spacial score (nSPS) is 25.1. The number of amides is 1. The second-order valence-electron chi connectivity index (χ2n) is 6.11. The molecule has 0 aromatic heterocycles. The molecule has 0 aliphatic carbocycles. The fourth-order valence-electron chi connectivity index (χ4n) is 3.31. The molecule has 9 heteroatoms. The Hall–Kier alpha value is -3.20. The number of fused-ring (bicyclic) bond motifs is 2. The number of rotatable bonds is 5. The summed E-state index contributed by atoms with van der Waals surface area (Å²) in [7, 11) is 2.36. The zero-order valence-corrected chi connectivity index (χ0v) is 14.5. The molecule has 1 aromatic carbocycles. The van der Waals surface area contributed by atoms with Gasteiger partial charge in [-0.2, -0.15) is 0 Å². The van der Waals surface area contributed by atoms with E-state index in [1.807, 2.05) is 0 Å². The van der Waals surface area contributed by atoms with Crippen LogP contribution in [0.15, 0.2) is 30.4 Å². The summed E-state index contributed by atoms with van der Waals surface area (Å²) in [5.74, 6) is -5.07. The first-order chi connectivity index (χ1) is 12.8. The number of methoxy groups -OCH3 is 2. The van der Waals surface area contributed by atoms with Gasteiger partial charge in [0.2, 0.25) is 5.91 Å².